The van der Waals surface area contributed by atoms with Gasteiger partial charge in [-0.3, -0.25) is 19.8 Å². The minimum absolute atomic E-state index is 0.0678. The molecule has 2 amide bonds. The third-order valence-electron chi connectivity index (χ3n) is 5.89. The third-order valence-corrected chi connectivity index (χ3v) is 6.14. The van der Waals surface area contributed by atoms with Crippen molar-refractivity contribution in [2.75, 3.05) is 11.9 Å². The number of aliphatic carboxylic acids is 1. The van der Waals surface area contributed by atoms with Gasteiger partial charge >= 0.3 is 5.97 Å². The fourth-order valence-electron chi connectivity index (χ4n) is 4.11. The number of halogens is 1. The van der Waals surface area contributed by atoms with Gasteiger partial charge in [-0.2, -0.15) is 0 Å². The number of carbonyl (C=O) groups is 3. The van der Waals surface area contributed by atoms with Gasteiger partial charge < -0.3 is 20.9 Å². The molecular formula is C26H34ClN5O5. The number of amides is 2. The Morgan fingerprint density at radius 1 is 1.22 bits per heavy atom. The molecule has 0 saturated carbocycles. The topological polar surface area (TPSA) is 147 Å². The molecule has 11 heteroatoms. The van der Waals surface area contributed by atoms with E-state index in [0.717, 1.165) is 11.1 Å². The summed E-state index contributed by atoms with van der Waals surface area (Å²) in [5.74, 6) is -1.66. The molecule has 1 saturated heterocycles. The minimum atomic E-state index is -1.26. The van der Waals surface area contributed by atoms with Crippen LogP contribution >= 0.6 is 11.6 Å². The molecular weight excluding hydrogens is 498 g/mol. The second-order valence-electron chi connectivity index (χ2n) is 10.2. The number of likely N-dealkylation sites (tertiary alicyclic amines) is 1. The molecule has 1 aliphatic heterocycles. The summed E-state index contributed by atoms with van der Waals surface area (Å²) in [6.07, 6.45) is 0.889. The van der Waals surface area contributed by atoms with Gasteiger partial charge in [0.1, 0.15) is 5.82 Å². The van der Waals surface area contributed by atoms with Gasteiger partial charge in [0, 0.05) is 24.3 Å². The zero-order valence-corrected chi connectivity index (χ0v) is 22.2. The van der Waals surface area contributed by atoms with Gasteiger partial charge in [0.2, 0.25) is 18.0 Å². The van der Waals surface area contributed by atoms with Crippen LogP contribution in [-0.2, 0) is 25.7 Å². The number of benzene rings is 1. The van der Waals surface area contributed by atoms with Crippen molar-refractivity contribution >= 4 is 35.2 Å². The molecule has 200 valence electrons. The highest BCUT2D eigenvalue weighted by atomic mass is 35.5. The first-order valence-corrected chi connectivity index (χ1v) is 12.4. The molecule has 3 rings (SSSR count). The number of carboxylic acid groups (broad SMARTS) is 1. The van der Waals surface area contributed by atoms with E-state index in [-0.39, 0.29) is 5.92 Å². The number of carbonyl (C=O) groups excluding carboxylic acids is 2. The van der Waals surface area contributed by atoms with Crippen molar-refractivity contribution in [2.45, 2.75) is 70.5 Å². The fourth-order valence-corrected chi connectivity index (χ4v) is 4.24. The molecule has 10 nitrogen and oxygen atoms in total. The summed E-state index contributed by atoms with van der Waals surface area (Å²) in [6, 6.07) is 9.65. The Labute approximate surface area is 221 Å². The van der Waals surface area contributed by atoms with E-state index in [2.05, 4.69) is 15.6 Å². The van der Waals surface area contributed by atoms with Crippen LogP contribution in [0.25, 0.3) is 0 Å². The summed E-state index contributed by atoms with van der Waals surface area (Å²) in [4.78, 5) is 43.0. The second-order valence-corrected chi connectivity index (χ2v) is 10.7. The van der Waals surface area contributed by atoms with E-state index in [0.29, 0.717) is 30.4 Å². The summed E-state index contributed by atoms with van der Waals surface area (Å²) in [6.45, 7) is 7.82. The number of carboxylic acids is 1. The number of hydrogen-bond acceptors (Lipinski definition) is 8. The predicted molar refractivity (Wildman–Crippen MR) is 140 cm³/mol. The van der Waals surface area contributed by atoms with Gasteiger partial charge in [0.05, 0.1) is 17.7 Å². The lowest BCUT2D eigenvalue weighted by Crippen LogP contribution is -2.49. The third kappa shape index (κ3) is 8.22. The Hall–Kier alpha value is -3.05. The van der Waals surface area contributed by atoms with Crippen molar-refractivity contribution in [2.24, 2.45) is 5.73 Å². The first kappa shape index (κ1) is 28.5. The first-order valence-electron chi connectivity index (χ1n) is 12.0. The number of nitrogens with zero attached hydrogens (tertiary/aromatic N) is 2. The van der Waals surface area contributed by atoms with Crippen molar-refractivity contribution < 1.29 is 24.2 Å². The molecule has 1 fully saturated rings. The van der Waals surface area contributed by atoms with Crippen LogP contribution in [-0.4, -0.2) is 63.2 Å². The smallest absolute Gasteiger partial charge is 0.354 e. The molecule has 37 heavy (non-hydrogen) atoms. The van der Waals surface area contributed by atoms with Crippen LogP contribution in [0.2, 0.25) is 5.02 Å². The van der Waals surface area contributed by atoms with Gasteiger partial charge in [-0.05, 0) is 69.4 Å². The second kappa shape index (κ2) is 12.0. The SMILES string of the molecule is C[C@H](N)C(=O)NC(=O)[C@@H]1CC(c2ccc(Cl)cc2)CN1Cc1ccc(NC(OC(C)(C)C)C(=O)O)nc1. The Balaban J connectivity index is 1.74. The molecule has 4 atom stereocenters. The van der Waals surface area contributed by atoms with Crippen molar-refractivity contribution in [1.82, 2.24) is 15.2 Å². The Kier molecular flexibility index (Phi) is 9.25. The summed E-state index contributed by atoms with van der Waals surface area (Å²) in [7, 11) is 0. The average Bonchev–Trinajstić information content (AvgIpc) is 3.23. The van der Waals surface area contributed by atoms with Crippen LogP contribution < -0.4 is 16.4 Å². The number of anilines is 1. The van der Waals surface area contributed by atoms with Gasteiger partial charge in [-0.25, -0.2) is 9.78 Å². The van der Waals surface area contributed by atoms with E-state index in [4.69, 9.17) is 22.1 Å². The van der Waals surface area contributed by atoms with E-state index in [1.165, 1.54) is 6.92 Å². The summed E-state index contributed by atoms with van der Waals surface area (Å²) >= 11 is 6.04. The maximum Gasteiger partial charge on any atom is 0.354 e. The van der Waals surface area contributed by atoms with Crippen LogP contribution in [0, 0.1) is 0 Å². The monoisotopic (exact) mass is 531 g/mol. The number of ether oxygens (including phenoxy) is 1. The quantitative estimate of drug-likeness (QED) is 0.358. The van der Waals surface area contributed by atoms with Crippen LogP contribution in [0.15, 0.2) is 42.6 Å². The largest absolute Gasteiger partial charge is 0.478 e. The Bertz CT molecular complexity index is 1100. The molecule has 2 aromatic rings. The predicted octanol–water partition coefficient (Wildman–Crippen LogP) is 2.72. The van der Waals surface area contributed by atoms with Crippen LogP contribution in [0.5, 0.6) is 0 Å². The normalized spacial score (nSPS) is 19.7. The van der Waals surface area contributed by atoms with Crippen LogP contribution in [0.4, 0.5) is 5.82 Å². The number of aromatic nitrogens is 1. The summed E-state index contributed by atoms with van der Waals surface area (Å²) < 4.78 is 5.54. The van der Waals surface area contributed by atoms with E-state index < -0.39 is 41.7 Å². The molecule has 0 aliphatic carbocycles. The Morgan fingerprint density at radius 2 is 1.89 bits per heavy atom. The number of imide groups is 1. The van der Waals surface area contributed by atoms with Crippen molar-refractivity contribution in [3.63, 3.8) is 0 Å². The number of rotatable bonds is 9. The fraction of sp³-hybridized carbons (Fsp3) is 0.462. The number of nitrogens with one attached hydrogen (secondary N) is 2. The molecule has 1 aromatic heterocycles. The van der Waals surface area contributed by atoms with E-state index >= 15 is 0 Å². The highest BCUT2D eigenvalue weighted by Gasteiger charge is 2.38. The first-order chi connectivity index (χ1) is 17.3. The number of hydrogen-bond donors (Lipinski definition) is 4. The lowest BCUT2D eigenvalue weighted by molar-refractivity contribution is -0.156. The van der Waals surface area contributed by atoms with Gasteiger partial charge in [0.25, 0.3) is 0 Å². The lowest BCUT2D eigenvalue weighted by Gasteiger charge is -2.26. The molecule has 1 aliphatic rings. The molecule has 0 radical (unpaired) electrons. The highest BCUT2D eigenvalue weighted by Crippen LogP contribution is 2.33. The molecule has 2 unspecified atom stereocenters. The molecule has 0 spiro atoms. The molecule has 0 bridgehead atoms. The maximum atomic E-state index is 13.0. The van der Waals surface area contributed by atoms with E-state index in [9.17, 15) is 19.5 Å². The maximum absolute atomic E-state index is 13.0. The van der Waals surface area contributed by atoms with E-state index in [1.54, 1.807) is 33.0 Å². The van der Waals surface area contributed by atoms with E-state index in [1.807, 2.05) is 35.2 Å². The zero-order chi connectivity index (χ0) is 27.3. The standard InChI is InChI=1S/C26H34ClN5O5/c1-15(28)22(33)31-23(34)20-11-18(17-6-8-19(27)9-7-17)14-32(20)13-16-5-10-21(29-12-16)30-24(25(35)36)37-26(2,3)4/h5-10,12,15,18,20,24H,11,13-14,28H2,1-4H3,(H,29,30)(H,35,36)(H,31,33,34)/t15-,18?,20-,24?/m0/s1. The highest BCUT2D eigenvalue weighted by molar-refractivity contribution is 6.30. The van der Waals surface area contributed by atoms with Crippen molar-refractivity contribution in [3.8, 4) is 0 Å². The Morgan fingerprint density at radius 3 is 2.43 bits per heavy atom. The van der Waals surface area contributed by atoms with Gasteiger partial charge in [0.15, 0.2) is 0 Å². The average molecular weight is 532 g/mol. The minimum Gasteiger partial charge on any atom is -0.478 e. The zero-order valence-electron chi connectivity index (χ0n) is 21.4. The molecule has 5 N–H and O–H groups in total. The van der Waals surface area contributed by atoms with Crippen molar-refractivity contribution in [1.29, 1.82) is 0 Å². The molecule has 2 heterocycles. The van der Waals surface area contributed by atoms with Crippen LogP contribution in [0.3, 0.4) is 0 Å². The summed E-state index contributed by atoms with van der Waals surface area (Å²) in [5.41, 5.74) is 6.84. The number of nitrogens with two attached hydrogens (primary N) is 1. The molecule has 1 aromatic carbocycles. The summed E-state index contributed by atoms with van der Waals surface area (Å²) in [5, 5.41) is 15.3. The van der Waals surface area contributed by atoms with Gasteiger partial charge in [-0.15, -0.1) is 0 Å². The van der Waals surface area contributed by atoms with Crippen LogP contribution in [0.1, 0.15) is 51.2 Å². The number of pyridine rings is 1. The van der Waals surface area contributed by atoms with Gasteiger partial charge in [-0.1, -0.05) is 29.8 Å². The van der Waals surface area contributed by atoms with Crippen molar-refractivity contribution in [3.05, 3.63) is 58.7 Å². The lowest BCUT2D eigenvalue weighted by atomic mass is 9.96.